The van der Waals surface area contributed by atoms with Gasteiger partial charge in [0.15, 0.2) is 0 Å². The zero-order chi connectivity index (χ0) is 24.4. The molecule has 8 heteroatoms. The van der Waals surface area contributed by atoms with Crippen LogP contribution in [-0.2, 0) is 9.59 Å². The summed E-state index contributed by atoms with van der Waals surface area (Å²) in [5.41, 5.74) is 9.70. The van der Waals surface area contributed by atoms with E-state index in [0.29, 0.717) is 11.1 Å². The third kappa shape index (κ3) is 6.64. The molecule has 6 nitrogen and oxygen atoms in total. The Morgan fingerprint density at radius 1 is 1.31 bits per heavy atom. The highest BCUT2D eigenvalue weighted by molar-refractivity contribution is 6.83. The average Bonchev–Trinajstić information content (AvgIpc) is 3.06. The molecule has 1 aliphatic rings. The third-order valence-corrected chi connectivity index (χ3v) is 6.36. The van der Waals surface area contributed by atoms with Crippen molar-refractivity contribution in [3.05, 3.63) is 35.1 Å². The Morgan fingerprint density at radius 2 is 1.94 bits per heavy atom. The number of aliphatic hydroxyl groups is 1. The van der Waals surface area contributed by atoms with Crippen LogP contribution in [0.2, 0.25) is 19.6 Å². The molecule has 1 fully saturated rings. The molecular formula is C24H36FN3O3Si. The molecule has 4 N–H and O–H groups in total. The Morgan fingerprint density at radius 3 is 2.47 bits per heavy atom. The van der Waals surface area contributed by atoms with E-state index in [9.17, 15) is 19.1 Å². The molecule has 1 saturated heterocycles. The monoisotopic (exact) mass is 461 g/mol. The second-order valence-electron chi connectivity index (χ2n) is 10.7. The normalized spacial score (nSPS) is 20.9. The number of β-amino-alcohol motifs (C(OH)–C–C–N with tert-alkyl or cyclic N) is 1. The second-order valence-corrected chi connectivity index (χ2v) is 15.5. The highest BCUT2D eigenvalue weighted by Gasteiger charge is 2.42. The van der Waals surface area contributed by atoms with E-state index in [1.165, 1.54) is 11.0 Å². The molecule has 1 aromatic carbocycles. The molecular weight excluding hydrogens is 425 g/mol. The molecule has 1 aromatic rings. The molecule has 0 bridgehead atoms. The zero-order valence-electron chi connectivity index (χ0n) is 20.1. The van der Waals surface area contributed by atoms with Crippen molar-refractivity contribution in [2.45, 2.75) is 78.0 Å². The van der Waals surface area contributed by atoms with Crippen LogP contribution in [-0.4, -0.2) is 54.6 Å². The number of benzene rings is 1. The molecule has 0 unspecified atom stereocenters. The van der Waals surface area contributed by atoms with Gasteiger partial charge in [-0.2, -0.15) is 0 Å². The van der Waals surface area contributed by atoms with Crippen LogP contribution in [0.3, 0.4) is 0 Å². The SMILES string of the molecule is C[C@H](NC(=O)[C@@H]1C[C@@H](O)CN1C(=O)[C@@H](N)C(C)(C)C)c1ccc(C#C[Si](C)(C)C)c(F)c1. The van der Waals surface area contributed by atoms with Crippen LogP contribution in [0.25, 0.3) is 0 Å². The number of halogens is 1. The van der Waals surface area contributed by atoms with E-state index in [4.69, 9.17) is 5.73 Å². The molecule has 2 amide bonds. The Bertz CT molecular complexity index is 927. The van der Waals surface area contributed by atoms with Crippen LogP contribution in [0.4, 0.5) is 4.39 Å². The minimum atomic E-state index is -1.62. The predicted octanol–water partition coefficient (Wildman–Crippen LogP) is 2.57. The lowest BCUT2D eigenvalue weighted by molar-refractivity contribution is -0.141. The fourth-order valence-electron chi connectivity index (χ4n) is 3.40. The summed E-state index contributed by atoms with van der Waals surface area (Å²) < 4.78 is 14.5. The molecule has 0 aromatic heterocycles. The maximum atomic E-state index is 14.5. The van der Waals surface area contributed by atoms with Gasteiger partial charge in [-0.05, 0) is 30.0 Å². The van der Waals surface area contributed by atoms with Gasteiger partial charge in [0, 0.05) is 13.0 Å². The number of nitrogens with two attached hydrogens (primary N) is 1. The number of aliphatic hydroxyl groups excluding tert-OH is 1. The van der Waals surface area contributed by atoms with Crippen LogP contribution in [0, 0.1) is 22.7 Å². The van der Waals surface area contributed by atoms with Gasteiger partial charge in [0.2, 0.25) is 11.8 Å². The van der Waals surface area contributed by atoms with Crippen molar-refractivity contribution in [2.75, 3.05) is 6.54 Å². The van der Waals surface area contributed by atoms with E-state index in [0.717, 1.165) is 0 Å². The number of likely N-dealkylation sites (tertiary alicyclic amines) is 1. The van der Waals surface area contributed by atoms with Gasteiger partial charge in [-0.3, -0.25) is 9.59 Å². The van der Waals surface area contributed by atoms with Gasteiger partial charge in [0.25, 0.3) is 0 Å². The summed E-state index contributed by atoms with van der Waals surface area (Å²) in [7, 11) is -1.62. The van der Waals surface area contributed by atoms with Crippen molar-refractivity contribution in [3.63, 3.8) is 0 Å². The predicted molar refractivity (Wildman–Crippen MR) is 127 cm³/mol. The molecule has 0 spiro atoms. The van der Waals surface area contributed by atoms with E-state index in [2.05, 4.69) is 36.4 Å². The first kappa shape index (κ1) is 26.0. The van der Waals surface area contributed by atoms with E-state index in [1.54, 1.807) is 19.1 Å². The highest BCUT2D eigenvalue weighted by Crippen LogP contribution is 2.25. The largest absolute Gasteiger partial charge is 0.391 e. The molecule has 1 heterocycles. The maximum Gasteiger partial charge on any atom is 0.243 e. The van der Waals surface area contributed by atoms with Crippen LogP contribution < -0.4 is 11.1 Å². The Hall–Kier alpha value is -2.21. The number of carbonyl (C=O) groups excluding carboxylic acids is 2. The molecule has 4 atom stereocenters. The maximum absolute atomic E-state index is 14.5. The first-order valence-electron chi connectivity index (χ1n) is 11.0. The van der Waals surface area contributed by atoms with Crippen molar-refractivity contribution in [1.29, 1.82) is 0 Å². The quantitative estimate of drug-likeness (QED) is 0.474. The smallest absolute Gasteiger partial charge is 0.243 e. The molecule has 2 rings (SSSR count). The highest BCUT2D eigenvalue weighted by atomic mass is 28.3. The van der Waals surface area contributed by atoms with Crippen molar-refractivity contribution in [3.8, 4) is 11.5 Å². The first-order valence-corrected chi connectivity index (χ1v) is 14.5. The minimum absolute atomic E-state index is 0.0637. The number of hydrogen-bond acceptors (Lipinski definition) is 4. The van der Waals surface area contributed by atoms with Crippen molar-refractivity contribution in [2.24, 2.45) is 11.1 Å². The minimum Gasteiger partial charge on any atom is -0.391 e. The van der Waals surface area contributed by atoms with Crippen LogP contribution in [0.1, 0.15) is 51.3 Å². The Balaban J connectivity index is 2.14. The lowest BCUT2D eigenvalue weighted by Gasteiger charge is -2.32. The molecule has 0 aliphatic carbocycles. The van der Waals surface area contributed by atoms with Gasteiger partial charge in [0.05, 0.1) is 23.8 Å². The van der Waals surface area contributed by atoms with Crippen LogP contribution in [0.15, 0.2) is 18.2 Å². The summed E-state index contributed by atoms with van der Waals surface area (Å²) in [6.45, 7) is 13.6. The Labute approximate surface area is 191 Å². The fourth-order valence-corrected chi connectivity index (χ4v) is 3.91. The Kier molecular flexibility index (Phi) is 7.92. The van der Waals surface area contributed by atoms with Gasteiger partial charge < -0.3 is 21.1 Å². The number of hydrogen-bond donors (Lipinski definition) is 3. The number of nitrogens with one attached hydrogen (secondary N) is 1. The molecule has 1 aliphatic heterocycles. The zero-order valence-corrected chi connectivity index (χ0v) is 21.1. The second kappa shape index (κ2) is 9.73. The summed E-state index contributed by atoms with van der Waals surface area (Å²) in [5, 5.41) is 12.9. The summed E-state index contributed by atoms with van der Waals surface area (Å²) >= 11 is 0. The average molecular weight is 462 g/mol. The summed E-state index contributed by atoms with van der Waals surface area (Å²) in [6, 6.07) is 2.64. The number of nitrogens with zero attached hydrogens (tertiary/aromatic N) is 1. The van der Waals surface area contributed by atoms with Crippen molar-refractivity contribution in [1.82, 2.24) is 10.2 Å². The van der Waals surface area contributed by atoms with Crippen molar-refractivity contribution >= 4 is 19.9 Å². The summed E-state index contributed by atoms with van der Waals surface area (Å²) in [5.74, 6) is 1.72. The third-order valence-electron chi connectivity index (χ3n) is 5.49. The number of carbonyl (C=O) groups is 2. The lowest BCUT2D eigenvalue weighted by Crippen LogP contribution is -2.55. The molecule has 0 saturated carbocycles. The van der Waals surface area contributed by atoms with Gasteiger partial charge >= 0.3 is 0 Å². The van der Waals surface area contributed by atoms with E-state index >= 15 is 0 Å². The molecule has 176 valence electrons. The standard InChI is InChI=1S/C24H36FN3O3Si/c1-15(17-9-8-16(19(25)12-17)10-11-32(5,6)7)27-22(30)20-13-18(29)14-28(20)23(31)21(26)24(2,3)4/h8-9,12,15,18,20-21,29H,13-14,26H2,1-7H3,(H,27,30)/t15-,18+,20-,21+/m0/s1. The molecule has 0 radical (unpaired) electrons. The first-order chi connectivity index (χ1) is 14.6. The van der Waals surface area contributed by atoms with Gasteiger partial charge in [-0.1, -0.05) is 52.4 Å². The van der Waals surface area contributed by atoms with Crippen LogP contribution in [0.5, 0.6) is 0 Å². The van der Waals surface area contributed by atoms with Gasteiger partial charge in [-0.25, -0.2) is 4.39 Å². The number of amides is 2. The number of rotatable bonds is 4. The van der Waals surface area contributed by atoms with E-state index in [-0.39, 0.29) is 18.9 Å². The molecule has 32 heavy (non-hydrogen) atoms. The summed E-state index contributed by atoms with van der Waals surface area (Å²) in [6.07, 6.45) is -0.653. The van der Waals surface area contributed by atoms with Gasteiger partial charge in [0.1, 0.15) is 19.9 Å². The topological polar surface area (TPSA) is 95.7 Å². The lowest BCUT2D eigenvalue weighted by atomic mass is 9.86. The van der Waals surface area contributed by atoms with Crippen LogP contribution >= 0.6 is 0 Å². The fraction of sp³-hybridized carbons (Fsp3) is 0.583. The van der Waals surface area contributed by atoms with Crippen molar-refractivity contribution < 1.29 is 19.1 Å². The van der Waals surface area contributed by atoms with E-state index < -0.39 is 49.4 Å². The van der Waals surface area contributed by atoms with E-state index in [1.807, 2.05) is 20.8 Å². The van der Waals surface area contributed by atoms with Gasteiger partial charge in [-0.15, -0.1) is 5.54 Å². The summed E-state index contributed by atoms with van der Waals surface area (Å²) in [4.78, 5) is 27.2.